The maximum Gasteiger partial charge on any atom is 0.195 e. The van der Waals surface area contributed by atoms with Crippen LogP contribution in [0.1, 0.15) is 24.8 Å². The first-order valence-corrected chi connectivity index (χ1v) is 8.30. The number of hydrogen-bond acceptors (Lipinski definition) is 4. The number of benzene rings is 1. The predicted octanol–water partition coefficient (Wildman–Crippen LogP) is 2.83. The molecule has 2 aliphatic rings. The van der Waals surface area contributed by atoms with Gasteiger partial charge in [-0.25, -0.2) is 0 Å². The minimum atomic E-state index is -0.244. The molecule has 3 N–H and O–H groups in total. The summed E-state index contributed by atoms with van der Waals surface area (Å²) in [5.41, 5.74) is 8.15. The van der Waals surface area contributed by atoms with Gasteiger partial charge in [-0.15, -0.1) is 0 Å². The van der Waals surface area contributed by atoms with Gasteiger partial charge in [-0.1, -0.05) is 49.1 Å². The van der Waals surface area contributed by atoms with Crippen molar-refractivity contribution >= 4 is 5.78 Å². The van der Waals surface area contributed by atoms with E-state index in [9.17, 15) is 4.79 Å². The normalized spacial score (nSPS) is 28.5. The second kappa shape index (κ2) is 6.65. The highest BCUT2D eigenvalue weighted by Gasteiger charge is 2.47. The van der Waals surface area contributed by atoms with Crippen molar-refractivity contribution in [3.05, 3.63) is 71.7 Å². The molecule has 2 atom stereocenters. The zero-order valence-electron chi connectivity index (χ0n) is 14.0. The van der Waals surface area contributed by atoms with Crippen molar-refractivity contribution in [1.29, 1.82) is 0 Å². The van der Waals surface area contributed by atoms with Crippen molar-refractivity contribution in [3.8, 4) is 0 Å². The van der Waals surface area contributed by atoms with E-state index >= 15 is 0 Å². The molecule has 2 aliphatic carbocycles. The van der Waals surface area contributed by atoms with Gasteiger partial charge in [0.1, 0.15) is 6.61 Å². The van der Waals surface area contributed by atoms with E-state index in [1.807, 2.05) is 37.4 Å². The molecular formula is C20H24N2O2. The average Bonchev–Trinajstić information content (AvgIpc) is 2.60. The van der Waals surface area contributed by atoms with Gasteiger partial charge in [0, 0.05) is 17.9 Å². The maximum atomic E-state index is 12.7. The smallest absolute Gasteiger partial charge is 0.195 e. The molecule has 3 rings (SSSR count). The van der Waals surface area contributed by atoms with Crippen LogP contribution >= 0.6 is 0 Å². The van der Waals surface area contributed by atoms with Crippen LogP contribution in [0.25, 0.3) is 0 Å². The Labute approximate surface area is 143 Å². The molecule has 0 heterocycles. The monoisotopic (exact) mass is 324 g/mol. The molecule has 0 amide bonds. The van der Waals surface area contributed by atoms with Crippen LogP contribution in [0.2, 0.25) is 0 Å². The molecule has 0 aromatic heterocycles. The SMILES string of the molecule is C=C1C(=C(N)OCc2ccccc2)C(=O)C[C@]2(NC)CC=CCC12. The van der Waals surface area contributed by atoms with Crippen molar-refractivity contribution in [2.24, 2.45) is 11.7 Å². The van der Waals surface area contributed by atoms with E-state index in [4.69, 9.17) is 10.5 Å². The lowest BCUT2D eigenvalue weighted by Crippen LogP contribution is -2.55. The van der Waals surface area contributed by atoms with E-state index in [2.05, 4.69) is 24.0 Å². The van der Waals surface area contributed by atoms with Crippen LogP contribution < -0.4 is 11.1 Å². The number of nitrogens with two attached hydrogens (primary N) is 1. The van der Waals surface area contributed by atoms with E-state index in [-0.39, 0.29) is 23.1 Å². The van der Waals surface area contributed by atoms with Crippen LogP contribution in [0.4, 0.5) is 0 Å². The van der Waals surface area contributed by atoms with Gasteiger partial charge in [0.25, 0.3) is 0 Å². The molecular weight excluding hydrogens is 300 g/mol. The molecule has 0 bridgehead atoms. The fraction of sp³-hybridized carbons (Fsp3) is 0.350. The minimum absolute atomic E-state index is 0.00598. The predicted molar refractivity (Wildman–Crippen MR) is 94.9 cm³/mol. The topological polar surface area (TPSA) is 64.3 Å². The summed E-state index contributed by atoms with van der Waals surface area (Å²) in [5, 5.41) is 3.36. The number of nitrogens with one attached hydrogen (secondary N) is 1. The zero-order chi connectivity index (χ0) is 17.2. The lowest BCUT2D eigenvalue weighted by atomic mass is 9.63. The summed E-state index contributed by atoms with van der Waals surface area (Å²) in [7, 11) is 1.91. The molecule has 0 saturated heterocycles. The molecule has 1 unspecified atom stereocenters. The van der Waals surface area contributed by atoms with E-state index in [0.29, 0.717) is 18.6 Å². The molecule has 0 spiro atoms. The first kappa shape index (κ1) is 16.5. The van der Waals surface area contributed by atoms with Crippen LogP contribution in [0.5, 0.6) is 0 Å². The van der Waals surface area contributed by atoms with Gasteiger partial charge in [0.05, 0.1) is 5.57 Å². The van der Waals surface area contributed by atoms with Crippen molar-refractivity contribution in [3.63, 3.8) is 0 Å². The van der Waals surface area contributed by atoms with Gasteiger partial charge in [-0.3, -0.25) is 4.79 Å². The van der Waals surface area contributed by atoms with Crippen LogP contribution in [-0.2, 0) is 16.1 Å². The van der Waals surface area contributed by atoms with Crippen molar-refractivity contribution < 1.29 is 9.53 Å². The summed E-state index contributed by atoms with van der Waals surface area (Å²) in [6, 6.07) is 9.78. The molecule has 1 saturated carbocycles. The number of Topliss-reactive ketones (excluding diaryl/α,β-unsaturated/α-hetero) is 1. The lowest BCUT2D eigenvalue weighted by molar-refractivity contribution is -0.118. The Balaban J connectivity index is 1.83. The molecule has 0 aliphatic heterocycles. The number of ketones is 1. The second-order valence-corrected chi connectivity index (χ2v) is 6.51. The standard InChI is InChI=1S/C20H24N2O2/c1-14-16-10-6-7-11-20(16,22-2)12-17(23)18(14)19(21)24-13-15-8-4-3-5-9-15/h3-9,16,22H,1,10-13,21H2,2H3/t16?,20-/m1/s1. The molecule has 4 nitrogen and oxygen atoms in total. The number of fused-ring (bicyclic) bond motifs is 1. The highest BCUT2D eigenvalue weighted by Crippen LogP contribution is 2.45. The Bertz CT molecular complexity index is 706. The summed E-state index contributed by atoms with van der Waals surface area (Å²) < 4.78 is 5.69. The third-order valence-corrected chi connectivity index (χ3v) is 5.17. The average molecular weight is 324 g/mol. The first-order chi connectivity index (χ1) is 11.6. The van der Waals surface area contributed by atoms with Crippen LogP contribution in [0.3, 0.4) is 0 Å². The molecule has 4 heteroatoms. The summed E-state index contributed by atoms with van der Waals surface area (Å²) >= 11 is 0. The molecule has 1 fully saturated rings. The maximum absolute atomic E-state index is 12.7. The molecule has 126 valence electrons. The Kier molecular flexibility index (Phi) is 4.58. The number of carbonyl (C=O) groups excluding carboxylic acids is 1. The largest absolute Gasteiger partial charge is 0.474 e. The van der Waals surface area contributed by atoms with E-state index in [1.54, 1.807) is 0 Å². The van der Waals surface area contributed by atoms with E-state index in [1.165, 1.54) is 0 Å². The number of carbonyl (C=O) groups is 1. The number of ether oxygens (including phenoxy) is 1. The van der Waals surface area contributed by atoms with Crippen LogP contribution in [0, 0.1) is 5.92 Å². The molecule has 24 heavy (non-hydrogen) atoms. The van der Waals surface area contributed by atoms with E-state index in [0.717, 1.165) is 24.0 Å². The fourth-order valence-corrected chi connectivity index (χ4v) is 3.76. The summed E-state index contributed by atoms with van der Waals surface area (Å²) in [4.78, 5) is 12.7. The highest BCUT2D eigenvalue weighted by atomic mass is 16.5. The van der Waals surface area contributed by atoms with Gasteiger partial charge >= 0.3 is 0 Å². The first-order valence-electron chi connectivity index (χ1n) is 8.30. The summed E-state index contributed by atoms with van der Waals surface area (Å²) in [6.07, 6.45) is 6.40. The Hall–Kier alpha value is -2.33. The minimum Gasteiger partial charge on any atom is -0.474 e. The van der Waals surface area contributed by atoms with Gasteiger partial charge in [-0.05, 0) is 31.0 Å². The second-order valence-electron chi connectivity index (χ2n) is 6.51. The summed E-state index contributed by atoms with van der Waals surface area (Å²) in [6.45, 7) is 4.53. The quantitative estimate of drug-likeness (QED) is 0.508. The Morgan fingerprint density at radius 1 is 1.38 bits per heavy atom. The van der Waals surface area contributed by atoms with Crippen LogP contribution in [0.15, 0.2) is 66.1 Å². The van der Waals surface area contributed by atoms with Gasteiger partial charge < -0.3 is 15.8 Å². The van der Waals surface area contributed by atoms with Crippen LogP contribution in [-0.4, -0.2) is 18.4 Å². The molecule has 0 radical (unpaired) electrons. The number of rotatable bonds is 4. The van der Waals surface area contributed by atoms with Crippen molar-refractivity contribution in [2.45, 2.75) is 31.4 Å². The fourth-order valence-electron chi connectivity index (χ4n) is 3.76. The zero-order valence-corrected chi connectivity index (χ0v) is 14.0. The lowest BCUT2D eigenvalue weighted by Gasteiger charge is -2.46. The third kappa shape index (κ3) is 2.89. The summed E-state index contributed by atoms with van der Waals surface area (Å²) in [5.74, 6) is 0.360. The molecule has 1 aromatic rings. The van der Waals surface area contributed by atoms with E-state index < -0.39 is 0 Å². The Morgan fingerprint density at radius 2 is 2.12 bits per heavy atom. The van der Waals surface area contributed by atoms with Gasteiger partial charge in [0.15, 0.2) is 11.7 Å². The number of allylic oxidation sites excluding steroid dienone is 2. The molecule has 1 aromatic carbocycles. The van der Waals surface area contributed by atoms with Gasteiger partial charge in [-0.2, -0.15) is 0 Å². The van der Waals surface area contributed by atoms with Gasteiger partial charge in [0.2, 0.25) is 0 Å². The highest BCUT2D eigenvalue weighted by molar-refractivity contribution is 6.02. The Morgan fingerprint density at radius 3 is 2.83 bits per heavy atom. The number of hydrogen-bond donors (Lipinski definition) is 2. The van der Waals surface area contributed by atoms with Crippen molar-refractivity contribution in [2.75, 3.05) is 7.05 Å². The third-order valence-electron chi connectivity index (χ3n) is 5.17. The van der Waals surface area contributed by atoms with Crippen molar-refractivity contribution in [1.82, 2.24) is 5.32 Å².